The number of carbonyl (C=O) groups excluding carboxylic acids is 1. The summed E-state index contributed by atoms with van der Waals surface area (Å²) in [6, 6.07) is 13.2. The number of allylic oxidation sites excluding steroid dienone is 1. The summed E-state index contributed by atoms with van der Waals surface area (Å²) in [6.07, 6.45) is 1.76. The van der Waals surface area contributed by atoms with Crippen LogP contribution in [0.3, 0.4) is 0 Å². The van der Waals surface area contributed by atoms with E-state index in [0.717, 1.165) is 11.1 Å². The number of halogens is 2. The highest BCUT2D eigenvalue weighted by Gasteiger charge is 2.49. The average Bonchev–Trinajstić information content (AvgIpc) is 3.00. The molecule has 1 atom stereocenters. The van der Waals surface area contributed by atoms with Crippen LogP contribution in [0.2, 0.25) is 0 Å². The third-order valence-electron chi connectivity index (χ3n) is 6.54. The monoisotopic (exact) mass is 469 g/mol. The van der Waals surface area contributed by atoms with Crippen molar-refractivity contribution in [2.45, 2.75) is 44.3 Å². The fourth-order valence-electron chi connectivity index (χ4n) is 4.65. The van der Waals surface area contributed by atoms with Gasteiger partial charge in [0.15, 0.2) is 11.5 Å². The molecule has 4 rings (SSSR count). The molecular weight excluding hydrogens is 444 g/mol. The van der Waals surface area contributed by atoms with E-state index in [4.69, 9.17) is 5.73 Å². The number of ether oxygens (including phenoxy) is 1. The Morgan fingerprint density at radius 1 is 1.24 bits per heavy atom. The van der Waals surface area contributed by atoms with Gasteiger partial charge in [0.25, 0.3) is 5.91 Å². The molecule has 34 heavy (non-hydrogen) atoms. The van der Waals surface area contributed by atoms with Gasteiger partial charge < -0.3 is 15.6 Å². The molecule has 2 aromatic carbocycles. The SMILES string of the molecule is CCC(C(=O)O)=C1CC(c2cccc(C3(c4ccc(OC(F)F)cc4)N=C(N)N(C)C3=O)c2)C1. The molecule has 0 bridgehead atoms. The number of carboxylic acid groups (broad SMARTS) is 1. The standard InChI is InChI=1S/C25H25F2N3O4/c1-3-20(21(31)32)16-11-15(12-16)14-5-4-6-18(13-14)25(22(33)30(2)24(28)29-25)17-7-9-19(10-8-17)34-23(26)27/h4-10,13,15,23H,3,11-12H2,1-2H3,(H2,28,29)(H,31,32). The van der Waals surface area contributed by atoms with Crippen molar-refractivity contribution in [2.75, 3.05) is 7.05 Å². The zero-order valence-electron chi connectivity index (χ0n) is 18.8. The van der Waals surface area contributed by atoms with Crippen LogP contribution in [0.15, 0.2) is 64.7 Å². The van der Waals surface area contributed by atoms with Gasteiger partial charge in [0.2, 0.25) is 0 Å². The van der Waals surface area contributed by atoms with Crippen molar-refractivity contribution in [3.05, 3.63) is 76.4 Å². The van der Waals surface area contributed by atoms with E-state index in [1.165, 1.54) is 36.2 Å². The number of guanidine groups is 1. The second kappa shape index (κ2) is 8.89. The van der Waals surface area contributed by atoms with E-state index in [0.29, 0.717) is 36.0 Å². The first-order valence-corrected chi connectivity index (χ1v) is 10.9. The quantitative estimate of drug-likeness (QED) is 0.597. The third-order valence-corrected chi connectivity index (χ3v) is 6.54. The summed E-state index contributed by atoms with van der Waals surface area (Å²) in [6.45, 7) is -1.13. The molecular formula is C25H25F2N3O4. The van der Waals surface area contributed by atoms with Gasteiger partial charge in [-0.25, -0.2) is 9.79 Å². The first kappa shape index (κ1) is 23.4. The number of hydrogen-bond donors (Lipinski definition) is 2. The number of nitrogens with two attached hydrogens (primary N) is 1. The number of aliphatic carboxylic acids is 1. The number of likely N-dealkylation sites (N-methyl/N-ethyl adjacent to an activating group) is 1. The van der Waals surface area contributed by atoms with E-state index in [1.54, 1.807) is 6.07 Å². The van der Waals surface area contributed by atoms with Gasteiger partial charge in [-0.3, -0.25) is 9.69 Å². The Bertz CT molecular complexity index is 1180. The van der Waals surface area contributed by atoms with Crippen LogP contribution >= 0.6 is 0 Å². The van der Waals surface area contributed by atoms with E-state index < -0.39 is 18.1 Å². The van der Waals surface area contributed by atoms with Crippen molar-refractivity contribution in [3.63, 3.8) is 0 Å². The highest BCUT2D eigenvalue weighted by Crippen LogP contribution is 2.46. The number of rotatable bonds is 7. The van der Waals surface area contributed by atoms with Crippen molar-refractivity contribution >= 4 is 17.8 Å². The van der Waals surface area contributed by atoms with Crippen LogP contribution in [-0.4, -0.2) is 41.5 Å². The normalized spacial score (nSPS) is 22.0. The molecule has 1 heterocycles. The molecule has 3 N–H and O–H groups in total. The van der Waals surface area contributed by atoms with E-state index in [-0.39, 0.29) is 23.5 Å². The molecule has 9 heteroatoms. The summed E-state index contributed by atoms with van der Waals surface area (Å²) in [5.74, 6) is -1.10. The van der Waals surface area contributed by atoms with Crippen molar-refractivity contribution in [3.8, 4) is 5.75 Å². The van der Waals surface area contributed by atoms with Gasteiger partial charge in [0, 0.05) is 12.6 Å². The molecule has 178 valence electrons. The van der Waals surface area contributed by atoms with Crippen LogP contribution in [0.1, 0.15) is 48.8 Å². The predicted molar refractivity (Wildman–Crippen MR) is 122 cm³/mol. The maximum atomic E-state index is 13.4. The van der Waals surface area contributed by atoms with E-state index >= 15 is 0 Å². The minimum Gasteiger partial charge on any atom is -0.478 e. The topological polar surface area (TPSA) is 105 Å². The first-order valence-electron chi connectivity index (χ1n) is 10.9. The second-order valence-corrected chi connectivity index (χ2v) is 8.42. The molecule has 0 radical (unpaired) electrons. The summed E-state index contributed by atoms with van der Waals surface area (Å²) in [7, 11) is 1.53. The van der Waals surface area contributed by atoms with Crippen molar-refractivity contribution in [1.29, 1.82) is 0 Å². The summed E-state index contributed by atoms with van der Waals surface area (Å²) < 4.78 is 29.6. The van der Waals surface area contributed by atoms with Crippen molar-refractivity contribution in [1.82, 2.24) is 4.90 Å². The lowest BCUT2D eigenvalue weighted by atomic mass is 9.72. The molecule has 1 amide bonds. The first-order chi connectivity index (χ1) is 16.2. The van der Waals surface area contributed by atoms with Crippen LogP contribution in [0.25, 0.3) is 0 Å². The van der Waals surface area contributed by atoms with E-state index in [9.17, 15) is 23.5 Å². The zero-order valence-corrected chi connectivity index (χ0v) is 18.8. The van der Waals surface area contributed by atoms with Crippen LogP contribution < -0.4 is 10.5 Å². The van der Waals surface area contributed by atoms with Gasteiger partial charge in [-0.15, -0.1) is 0 Å². The highest BCUT2D eigenvalue weighted by molar-refractivity contribution is 6.08. The Balaban J connectivity index is 1.72. The molecule has 0 saturated heterocycles. The van der Waals surface area contributed by atoms with Crippen molar-refractivity contribution < 1.29 is 28.2 Å². The van der Waals surface area contributed by atoms with Gasteiger partial charge in [0.05, 0.1) is 0 Å². The molecule has 7 nitrogen and oxygen atoms in total. The van der Waals surface area contributed by atoms with Crippen molar-refractivity contribution in [2.24, 2.45) is 10.7 Å². The molecule has 2 aromatic rings. The second-order valence-electron chi connectivity index (χ2n) is 8.42. The Morgan fingerprint density at radius 2 is 1.91 bits per heavy atom. The lowest BCUT2D eigenvalue weighted by Gasteiger charge is -2.33. The number of hydrogen-bond acceptors (Lipinski definition) is 5. The van der Waals surface area contributed by atoms with Gasteiger partial charge in [-0.2, -0.15) is 8.78 Å². The summed E-state index contributed by atoms with van der Waals surface area (Å²) in [5.41, 5.74) is 7.98. The largest absolute Gasteiger partial charge is 0.478 e. The molecule has 0 aromatic heterocycles. The maximum absolute atomic E-state index is 13.4. The Labute approximate surface area is 195 Å². The summed E-state index contributed by atoms with van der Waals surface area (Å²) >= 11 is 0. The Kier molecular flexibility index (Phi) is 6.12. The van der Waals surface area contributed by atoms with E-state index in [1.807, 2.05) is 25.1 Å². The Morgan fingerprint density at radius 3 is 2.44 bits per heavy atom. The average molecular weight is 469 g/mol. The molecule has 1 aliphatic heterocycles. The zero-order chi connectivity index (χ0) is 24.6. The summed E-state index contributed by atoms with van der Waals surface area (Å²) in [5, 5.41) is 9.38. The lowest BCUT2D eigenvalue weighted by molar-refractivity contribution is -0.133. The highest BCUT2D eigenvalue weighted by atomic mass is 19.3. The van der Waals surface area contributed by atoms with E-state index in [2.05, 4.69) is 9.73 Å². The fourth-order valence-corrected chi connectivity index (χ4v) is 4.65. The van der Waals surface area contributed by atoms with Gasteiger partial charge in [0.1, 0.15) is 5.75 Å². The molecule has 1 aliphatic carbocycles. The van der Waals surface area contributed by atoms with Crippen LogP contribution in [0.5, 0.6) is 5.75 Å². The number of nitrogens with zero attached hydrogens (tertiary/aromatic N) is 2. The minimum atomic E-state index is -2.96. The number of carboxylic acids is 1. The van der Waals surface area contributed by atoms with Gasteiger partial charge in [-0.1, -0.05) is 48.9 Å². The number of alkyl halides is 2. The lowest BCUT2D eigenvalue weighted by Crippen LogP contribution is -2.41. The molecule has 1 fully saturated rings. The minimum absolute atomic E-state index is 0.0302. The smallest absolute Gasteiger partial charge is 0.387 e. The molecule has 2 aliphatic rings. The number of carbonyl (C=O) groups is 2. The fraction of sp³-hybridized carbons (Fsp3) is 0.320. The Hall–Kier alpha value is -3.75. The molecule has 1 unspecified atom stereocenters. The number of aliphatic imine (C=N–C) groups is 1. The summed E-state index contributed by atoms with van der Waals surface area (Å²) in [4.78, 5) is 30.7. The predicted octanol–water partition coefficient (Wildman–Crippen LogP) is 3.99. The van der Waals surface area contributed by atoms with Crippen LogP contribution in [-0.2, 0) is 15.1 Å². The van der Waals surface area contributed by atoms with Crippen LogP contribution in [0.4, 0.5) is 8.78 Å². The molecule has 0 spiro atoms. The molecule has 1 saturated carbocycles. The number of benzene rings is 2. The third kappa shape index (κ3) is 3.91. The van der Waals surface area contributed by atoms with Gasteiger partial charge >= 0.3 is 12.6 Å². The maximum Gasteiger partial charge on any atom is 0.387 e. The number of amides is 1. The van der Waals surface area contributed by atoms with Crippen LogP contribution in [0, 0.1) is 0 Å². The van der Waals surface area contributed by atoms with Gasteiger partial charge in [-0.05, 0) is 54.0 Å².